The summed E-state index contributed by atoms with van der Waals surface area (Å²) in [4.78, 5) is 34.2. The third kappa shape index (κ3) is 3.62. The lowest BCUT2D eigenvalue weighted by Gasteiger charge is -2.16. The summed E-state index contributed by atoms with van der Waals surface area (Å²) in [5, 5.41) is 16.7. The molecule has 3 rings (SSSR count). The van der Waals surface area contributed by atoms with Crippen molar-refractivity contribution in [2.75, 3.05) is 0 Å². The summed E-state index contributed by atoms with van der Waals surface area (Å²) >= 11 is 1.18. The molecule has 134 valence electrons. The number of thioether (sulfide) groups is 1. The number of carbonyl (C=O) groups is 3. The Balaban J connectivity index is 1.87. The van der Waals surface area contributed by atoms with Crippen LogP contribution in [0.15, 0.2) is 45.9 Å². The van der Waals surface area contributed by atoms with E-state index in [4.69, 9.17) is 9.52 Å². The van der Waals surface area contributed by atoms with Crippen LogP contribution in [-0.4, -0.2) is 33.1 Å². The average Bonchev–Trinajstić information content (AvgIpc) is 3.21. The quantitative estimate of drug-likeness (QED) is 0.855. The smallest absolute Gasteiger partial charge is 0.335 e. The molecule has 0 fully saturated rings. The van der Waals surface area contributed by atoms with Gasteiger partial charge in [0.1, 0.15) is 11.5 Å². The zero-order valence-electron chi connectivity index (χ0n) is 13.9. The molecule has 2 heterocycles. The van der Waals surface area contributed by atoms with Gasteiger partial charge in [-0.15, -0.1) is 5.10 Å². The van der Waals surface area contributed by atoms with Crippen molar-refractivity contribution in [1.29, 1.82) is 0 Å². The molecule has 0 saturated carbocycles. The third-order valence-electron chi connectivity index (χ3n) is 3.51. The van der Waals surface area contributed by atoms with Crippen LogP contribution in [0.2, 0.25) is 0 Å². The SMILES string of the molecule is CC(=O)NC1=NN(C(C)=O)[C@@H](c2ccc(-c3cccc(C(=O)O)c3)o2)S1. The molecule has 1 atom stereocenters. The van der Waals surface area contributed by atoms with E-state index in [0.29, 0.717) is 22.3 Å². The molecule has 0 bridgehead atoms. The Hall–Kier alpha value is -3.07. The largest absolute Gasteiger partial charge is 0.478 e. The van der Waals surface area contributed by atoms with Crippen LogP contribution in [0, 0.1) is 0 Å². The van der Waals surface area contributed by atoms with Gasteiger partial charge in [-0.2, -0.15) is 0 Å². The van der Waals surface area contributed by atoms with Crippen LogP contribution in [0.1, 0.15) is 35.3 Å². The normalized spacial score (nSPS) is 16.3. The molecule has 9 heteroatoms. The fourth-order valence-electron chi connectivity index (χ4n) is 2.39. The highest BCUT2D eigenvalue weighted by molar-refractivity contribution is 8.14. The van der Waals surface area contributed by atoms with E-state index in [1.54, 1.807) is 24.3 Å². The highest BCUT2D eigenvalue weighted by Gasteiger charge is 2.34. The van der Waals surface area contributed by atoms with Gasteiger partial charge >= 0.3 is 5.97 Å². The lowest BCUT2D eigenvalue weighted by molar-refractivity contribution is -0.129. The van der Waals surface area contributed by atoms with Crippen molar-refractivity contribution < 1.29 is 23.9 Å². The van der Waals surface area contributed by atoms with Crippen LogP contribution in [-0.2, 0) is 9.59 Å². The topological polar surface area (TPSA) is 112 Å². The Kier molecular flexibility index (Phi) is 4.81. The second kappa shape index (κ2) is 7.04. The Bertz CT molecular complexity index is 921. The molecule has 1 aliphatic rings. The Morgan fingerprint density at radius 3 is 2.65 bits per heavy atom. The average molecular weight is 373 g/mol. The fourth-order valence-corrected chi connectivity index (χ4v) is 3.48. The minimum Gasteiger partial charge on any atom is -0.478 e. The standard InChI is InChI=1S/C17H15N3O5S/c1-9(21)18-17-19-20(10(2)22)15(26-17)14-7-6-13(25-14)11-4-3-5-12(8-11)16(23)24/h3-8,15H,1-2H3,(H,23,24)(H,18,19,21)/t15-/m1/s1. The number of amides is 2. The summed E-state index contributed by atoms with van der Waals surface area (Å²) in [6.45, 7) is 2.73. The zero-order chi connectivity index (χ0) is 18.8. The van der Waals surface area contributed by atoms with E-state index in [9.17, 15) is 14.4 Å². The predicted octanol–water partition coefficient (Wildman–Crippen LogP) is 2.65. The lowest BCUT2D eigenvalue weighted by Crippen LogP contribution is -2.25. The van der Waals surface area contributed by atoms with Crippen molar-refractivity contribution in [3.05, 3.63) is 47.7 Å². The number of amidine groups is 1. The van der Waals surface area contributed by atoms with E-state index < -0.39 is 11.3 Å². The number of hydrogen-bond donors (Lipinski definition) is 2. The second-order valence-corrected chi connectivity index (χ2v) is 6.58. The number of furan rings is 1. The first-order chi connectivity index (χ1) is 12.3. The Morgan fingerprint density at radius 1 is 1.23 bits per heavy atom. The number of rotatable bonds is 3. The van der Waals surface area contributed by atoms with Crippen molar-refractivity contribution in [3.63, 3.8) is 0 Å². The first-order valence-electron chi connectivity index (χ1n) is 7.61. The van der Waals surface area contributed by atoms with E-state index in [0.717, 1.165) is 0 Å². The van der Waals surface area contributed by atoms with Crippen molar-refractivity contribution in [2.24, 2.45) is 5.10 Å². The molecule has 0 aliphatic carbocycles. The maximum atomic E-state index is 11.8. The maximum absolute atomic E-state index is 11.8. The number of carboxylic acids is 1. The van der Waals surface area contributed by atoms with E-state index >= 15 is 0 Å². The molecular weight excluding hydrogens is 358 g/mol. The first-order valence-corrected chi connectivity index (χ1v) is 8.49. The fraction of sp³-hybridized carbons (Fsp3) is 0.176. The molecule has 1 aromatic heterocycles. The van der Waals surface area contributed by atoms with Crippen LogP contribution in [0.5, 0.6) is 0 Å². The lowest BCUT2D eigenvalue weighted by atomic mass is 10.1. The van der Waals surface area contributed by atoms with E-state index in [1.807, 2.05) is 0 Å². The van der Waals surface area contributed by atoms with Gasteiger partial charge in [0.15, 0.2) is 10.5 Å². The number of nitrogens with zero attached hydrogens (tertiary/aromatic N) is 2. The minimum absolute atomic E-state index is 0.150. The van der Waals surface area contributed by atoms with Crippen LogP contribution < -0.4 is 5.32 Å². The number of hydrazone groups is 1. The molecule has 0 unspecified atom stereocenters. The number of hydrogen-bond acceptors (Lipinski definition) is 6. The Labute approximate surface area is 152 Å². The van der Waals surface area contributed by atoms with Crippen LogP contribution in [0.4, 0.5) is 0 Å². The molecule has 0 radical (unpaired) electrons. The van der Waals surface area contributed by atoms with Crippen LogP contribution in [0.25, 0.3) is 11.3 Å². The third-order valence-corrected chi connectivity index (χ3v) is 4.58. The summed E-state index contributed by atoms with van der Waals surface area (Å²) in [5.74, 6) is -0.675. The van der Waals surface area contributed by atoms with Gasteiger partial charge in [-0.25, -0.2) is 9.80 Å². The summed E-state index contributed by atoms with van der Waals surface area (Å²) in [6, 6.07) is 9.76. The first kappa shape index (κ1) is 17.7. The second-order valence-electron chi connectivity index (χ2n) is 5.51. The number of aromatic carboxylic acids is 1. The van der Waals surface area contributed by atoms with Gasteiger partial charge in [0.05, 0.1) is 5.56 Å². The van der Waals surface area contributed by atoms with Gasteiger partial charge in [-0.1, -0.05) is 23.9 Å². The summed E-state index contributed by atoms with van der Waals surface area (Å²) in [6.07, 6.45) is 0. The summed E-state index contributed by atoms with van der Waals surface area (Å²) in [7, 11) is 0. The van der Waals surface area contributed by atoms with E-state index in [1.165, 1.54) is 42.8 Å². The van der Waals surface area contributed by atoms with Crippen molar-refractivity contribution >= 4 is 34.7 Å². The number of carboxylic acid groups (broad SMARTS) is 1. The van der Waals surface area contributed by atoms with E-state index in [-0.39, 0.29) is 17.4 Å². The zero-order valence-corrected chi connectivity index (χ0v) is 14.7. The van der Waals surface area contributed by atoms with Gasteiger partial charge in [0.25, 0.3) is 0 Å². The van der Waals surface area contributed by atoms with Crippen molar-refractivity contribution in [1.82, 2.24) is 10.3 Å². The van der Waals surface area contributed by atoms with Gasteiger partial charge in [-0.3, -0.25) is 9.59 Å². The van der Waals surface area contributed by atoms with Gasteiger partial charge in [-0.05, 0) is 24.3 Å². The van der Waals surface area contributed by atoms with Crippen LogP contribution in [0.3, 0.4) is 0 Å². The highest BCUT2D eigenvalue weighted by atomic mass is 32.2. The molecule has 26 heavy (non-hydrogen) atoms. The maximum Gasteiger partial charge on any atom is 0.335 e. The van der Waals surface area contributed by atoms with Crippen molar-refractivity contribution in [3.8, 4) is 11.3 Å². The predicted molar refractivity (Wildman–Crippen MR) is 95.2 cm³/mol. The molecule has 1 aliphatic heterocycles. The molecule has 8 nitrogen and oxygen atoms in total. The van der Waals surface area contributed by atoms with E-state index in [2.05, 4.69) is 10.4 Å². The number of benzene rings is 1. The molecule has 0 spiro atoms. The van der Waals surface area contributed by atoms with Gasteiger partial charge in [0, 0.05) is 19.4 Å². The number of carbonyl (C=O) groups excluding carboxylic acids is 2. The Morgan fingerprint density at radius 2 is 2.00 bits per heavy atom. The van der Waals surface area contributed by atoms with Gasteiger partial charge in [0.2, 0.25) is 11.8 Å². The molecule has 1 aromatic carbocycles. The molecule has 0 saturated heterocycles. The molecular formula is C17H15N3O5S. The van der Waals surface area contributed by atoms with Crippen molar-refractivity contribution in [2.45, 2.75) is 19.2 Å². The number of nitrogens with one attached hydrogen (secondary N) is 1. The molecule has 2 N–H and O–H groups in total. The monoisotopic (exact) mass is 373 g/mol. The molecule has 2 amide bonds. The highest BCUT2D eigenvalue weighted by Crippen LogP contribution is 2.40. The molecule has 2 aromatic rings. The minimum atomic E-state index is -1.03. The summed E-state index contributed by atoms with van der Waals surface area (Å²) in [5.41, 5.74) is 0.758. The summed E-state index contributed by atoms with van der Waals surface area (Å²) < 4.78 is 5.83. The van der Waals surface area contributed by atoms with Crippen LogP contribution >= 0.6 is 11.8 Å². The van der Waals surface area contributed by atoms with Gasteiger partial charge < -0.3 is 14.8 Å².